The number of rotatable bonds is 5. The molecule has 138 valence electrons. The second-order valence-corrected chi connectivity index (χ2v) is 7.69. The second-order valence-electron chi connectivity index (χ2n) is 6.34. The SMILES string of the molecule is CCOC(=O)c1cc(-c2ccc(Cl)cc2)cc(Cc2cccc(Br)c2)c1C. The van der Waals surface area contributed by atoms with Gasteiger partial charge in [-0.25, -0.2) is 4.79 Å². The van der Waals surface area contributed by atoms with Gasteiger partial charge in [0.15, 0.2) is 0 Å². The molecule has 0 aliphatic rings. The first kappa shape index (κ1) is 19.7. The minimum absolute atomic E-state index is 0.290. The van der Waals surface area contributed by atoms with Crippen LogP contribution in [0.2, 0.25) is 5.02 Å². The minimum Gasteiger partial charge on any atom is -0.462 e. The van der Waals surface area contributed by atoms with Crippen LogP contribution >= 0.6 is 27.5 Å². The van der Waals surface area contributed by atoms with Crippen LogP contribution < -0.4 is 0 Å². The van der Waals surface area contributed by atoms with Gasteiger partial charge in [0, 0.05) is 9.50 Å². The summed E-state index contributed by atoms with van der Waals surface area (Å²) in [5, 5.41) is 0.686. The highest BCUT2D eigenvalue weighted by Crippen LogP contribution is 2.29. The van der Waals surface area contributed by atoms with E-state index in [1.54, 1.807) is 0 Å². The Balaban J connectivity index is 2.10. The van der Waals surface area contributed by atoms with Crippen LogP contribution in [0.4, 0.5) is 0 Å². The molecule has 0 saturated heterocycles. The van der Waals surface area contributed by atoms with Crippen LogP contribution in [0.25, 0.3) is 11.1 Å². The van der Waals surface area contributed by atoms with Gasteiger partial charge in [-0.05, 0) is 78.4 Å². The van der Waals surface area contributed by atoms with Crippen molar-refractivity contribution < 1.29 is 9.53 Å². The predicted molar refractivity (Wildman–Crippen MR) is 115 cm³/mol. The number of halogens is 2. The summed E-state index contributed by atoms with van der Waals surface area (Å²) in [7, 11) is 0. The Bertz CT molecular complexity index is 965. The minimum atomic E-state index is -0.290. The molecular weight excluding hydrogens is 424 g/mol. The smallest absolute Gasteiger partial charge is 0.338 e. The zero-order chi connectivity index (χ0) is 19.4. The molecule has 0 heterocycles. The lowest BCUT2D eigenvalue weighted by Crippen LogP contribution is -2.09. The highest BCUT2D eigenvalue weighted by atomic mass is 79.9. The maximum absolute atomic E-state index is 12.5. The molecule has 4 heteroatoms. The molecule has 0 atom stereocenters. The van der Waals surface area contributed by atoms with Crippen LogP contribution in [0.15, 0.2) is 65.1 Å². The molecule has 0 N–H and O–H groups in total. The fourth-order valence-electron chi connectivity index (χ4n) is 3.05. The summed E-state index contributed by atoms with van der Waals surface area (Å²) in [6.45, 7) is 4.15. The normalized spacial score (nSPS) is 10.7. The largest absolute Gasteiger partial charge is 0.462 e. The number of benzene rings is 3. The fourth-order valence-corrected chi connectivity index (χ4v) is 3.63. The van der Waals surface area contributed by atoms with Gasteiger partial charge in [-0.2, -0.15) is 0 Å². The highest BCUT2D eigenvalue weighted by molar-refractivity contribution is 9.10. The van der Waals surface area contributed by atoms with Gasteiger partial charge in [-0.1, -0.05) is 57.9 Å². The summed E-state index contributed by atoms with van der Waals surface area (Å²) in [5.41, 5.74) is 5.82. The van der Waals surface area contributed by atoms with Gasteiger partial charge in [-0.15, -0.1) is 0 Å². The van der Waals surface area contributed by atoms with Gasteiger partial charge in [0.05, 0.1) is 12.2 Å². The van der Waals surface area contributed by atoms with Crippen molar-refractivity contribution in [1.29, 1.82) is 0 Å². The molecule has 0 aromatic heterocycles. The molecule has 0 bridgehead atoms. The predicted octanol–water partition coefficient (Wildman–Crippen LogP) is 6.85. The molecule has 0 radical (unpaired) electrons. The van der Waals surface area contributed by atoms with Crippen LogP contribution in [0, 0.1) is 6.92 Å². The Labute approximate surface area is 173 Å². The molecule has 3 aromatic rings. The number of hydrogen-bond donors (Lipinski definition) is 0. The van der Waals surface area contributed by atoms with E-state index >= 15 is 0 Å². The number of ether oxygens (including phenoxy) is 1. The first-order valence-electron chi connectivity index (χ1n) is 8.79. The molecule has 0 amide bonds. The van der Waals surface area contributed by atoms with Crippen molar-refractivity contribution in [3.05, 3.63) is 92.4 Å². The average Bonchev–Trinajstić information content (AvgIpc) is 2.64. The fraction of sp³-hybridized carbons (Fsp3) is 0.174. The third kappa shape index (κ3) is 4.79. The standard InChI is InChI=1S/C23H20BrClO2/c1-3-27-23(26)22-14-19(17-7-9-21(25)10-8-17)13-18(15(22)2)11-16-5-4-6-20(24)12-16/h4-10,12-14H,3,11H2,1-2H3. The van der Waals surface area contributed by atoms with Crippen LogP contribution in [0.3, 0.4) is 0 Å². The summed E-state index contributed by atoms with van der Waals surface area (Å²) in [6, 6.07) is 19.9. The Morgan fingerprint density at radius 1 is 1.04 bits per heavy atom. The number of carbonyl (C=O) groups excluding carboxylic acids is 1. The zero-order valence-electron chi connectivity index (χ0n) is 15.3. The molecule has 3 aromatic carbocycles. The van der Waals surface area contributed by atoms with Crippen LogP contribution in [0.5, 0.6) is 0 Å². The van der Waals surface area contributed by atoms with Gasteiger partial charge in [0.25, 0.3) is 0 Å². The van der Waals surface area contributed by atoms with E-state index in [1.165, 1.54) is 5.56 Å². The Kier molecular flexibility index (Phi) is 6.35. The summed E-state index contributed by atoms with van der Waals surface area (Å²) >= 11 is 9.55. The van der Waals surface area contributed by atoms with E-state index in [9.17, 15) is 4.79 Å². The van der Waals surface area contributed by atoms with Crippen molar-refractivity contribution in [2.75, 3.05) is 6.61 Å². The van der Waals surface area contributed by atoms with E-state index in [-0.39, 0.29) is 5.97 Å². The number of esters is 1. The van der Waals surface area contributed by atoms with Crippen molar-refractivity contribution in [3.63, 3.8) is 0 Å². The maximum Gasteiger partial charge on any atom is 0.338 e. The summed E-state index contributed by atoms with van der Waals surface area (Å²) in [6.07, 6.45) is 0.735. The topological polar surface area (TPSA) is 26.3 Å². The third-order valence-electron chi connectivity index (χ3n) is 4.47. The third-order valence-corrected chi connectivity index (χ3v) is 5.22. The molecule has 0 aliphatic heterocycles. The van der Waals surface area contributed by atoms with Crippen molar-refractivity contribution in [1.82, 2.24) is 0 Å². The average molecular weight is 444 g/mol. The summed E-state index contributed by atoms with van der Waals surface area (Å²) in [4.78, 5) is 12.5. The van der Waals surface area contributed by atoms with Crippen molar-refractivity contribution >= 4 is 33.5 Å². The van der Waals surface area contributed by atoms with Crippen molar-refractivity contribution in [2.24, 2.45) is 0 Å². The van der Waals surface area contributed by atoms with E-state index in [4.69, 9.17) is 16.3 Å². The lowest BCUT2D eigenvalue weighted by Gasteiger charge is -2.15. The van der Waals surface area contributed by atoms with Crippen molar-refractivity contribution in [2.45, 2.75) is 20.3 Å². The molecule has 3 rings (SSSR count). The Morgan fingerprint density at radius 2 is 1.78 bits per heavy atom. The Hall–Kier alpha value is -2.10. The second kappa shape index (κ2) is 8.73. The van der Waals surface area contributed by atoms with E-state index in [1.807, 2.05) is 56.3 Å². The summed E-state index contributed by atoms with van der Waals surface area (Å²) < 4.78 is 6.31. The first-order chi connectivity index (χ1) is 13.0. The molecule has 2 nitrogen and oxygen atoms in total. The first-order valence-corrected chi connectivity index (χ1v) is 9.96. The van der Waals surface area contributed by atoms with Gasteiger partial charge in [0.2, 0.25) is 0 Å². The number of hydrogen-bond acceptors (Lipinski definition) is 2. The monoisotopic (exact) mass is 442 g/mol. The van der Waals surface area contributed by atoms with E-state index < -0.39 is 0 Å². The zero-order valence-corrected chi connectivity index (χ0v) is 17.6. The maximum atomic E-state index is 12.5. The van der Waals surface area contributed by atoms with Crippen molar-refractivity contribution in [3.8, 4) is 11.1 Å². The van der Waals surface area contributed by atoms with Gasteiger partial charge in [0.1, 0.15) is 0 Å². The van der Waals surface area contributed by atoms with Gasteiger partial charge >= 0.3 is 5.97 Å². The molecule has 0 spiro atoms. The summed E-state index contributed by atoms with van der Waals surface area (Å²) in [5.74, 6) is -0.290. The molecule has 0 fully saturated rings. The van der Waals surface area contributed by atoms with Crippen LogP contribution in [-0.4, -0.2) is 12.6 Å². The van der Waals surface area contributed by atoms with Crippen LogP contribution in [0.1, 0.15) is 34.0 Å². The van der Waals surface area contributed by atoms with Gasteiger partial charge in [-0.3, -0.25) is 0 Å². The molecule has 0 unspecified atom stereocenters. The molecular formula is C23H20BrClO2. The van der Waals surface area contributed by atoms with Crippen LogP contribution in [-0.2, 0) is 11.2 Å². The lowest BCUT2D eigenvalue weighted by atomic mass is 9.91. The van der Waals surface area contributed by atoms with Gasteiger partial charge < -0.3 is 4.74 Å². The Morgan fingerprint density at radius 3 is 2.44 bits per heavy atom. The molecule has 27 heavy (non-hydrogen) atoms. The lowest BCUT2D eigenvalue weighted by molar-refractivity contribution is 0.0525. The molecule has 0 saturated carbocycles. The van der Waals surface area contributed by atoms with E-state index in [0.717, 1.165) is 33.1 Å². The number of carbonyl (C=O) groups is 1. The quantitative estimate of drug-likeness (QED) is 0.403. The van der Waals surface area contributed by atoms with E-state index in [0.29, 0.717) is 17.2 Å². The highest BCUT2D eigenvalue weighted by Gasteiger charge is 2.16. The molecule has 0 aliphatic carbocycles. The van der Waals surface area contributed by atoms with E-state index in [2.05, 4.69) is 34.1 Å².